The van der Waals surface area contributed by atoms with Crippen molar-refractivity contribution in [1.29, 1.82) is 0 Å². The summed E-state index contributed by atoms with van der Waals surface area (Å²) in [4.78, 5) is 7.79. The molecule has 3 N–H and O–H groups in total. The summed E-state index contributed by atoms with van der Waals surface area (Å²) in [5, 5.41) is 1.84. The van der Waals surface area contributed by atoms with Crippen molar-refractivity contribution in [3.05, 3.63) is 34.5 Å². The lowest BCUT2D eigenvalue weighted by Crippen LogP contribution is -2.03. The van der Waals surface area contributed by atoms with Crippen molar-refractivity contribution in [3.8, 4) is 0 Å². The summed E-state index contributed by atoms with van der Waals surface area (Å²) in [6, 6.07) is 6.07. The van der Waals surface area contributed by atoms with E-state index in [2.05, 4.69) is 9.82 Å². The van der Waals surface area contributed by atoms with Crippen molar-refractivity contribution in [3.63, 3.8) is 0 Å². The van der Waals surface area contributed by atoms with Gasteiger partial charge in [0.25, 0.3) is 0 Å². The number of nitrogens with two attached hydrogens (primary N) is 1. The van der Waals surface area contributed by atoms with E-state index in [0.717, 1.165) is 33.6 Å². The summed E-state index contributed by atoms with van der Waals surface area (Å²) < 4.78 is 0. The number of rotatable bonds is 3. The monoisotopic (exact) mass is 224 g/mol. The van der Waals surface area contributed by atoms with Gasteiger partial charge in [0, 0.05) is 16.6 Å². The fraction of sp³-hybridized carbons (Fsp3) is 0.273. The third-order valence-corrected chi connectivity index (χ3v) is 2.89. The van der Waals surface area contributed by atoms with Gasteiger partial charge in [-0.1, -0.05) is 17.7 Å². The van der Waals surface area contributed by atoms with Crippen LogP contribution in [0.1, 0.15) is 11.3 Å². The first-order valence-electron chi connectivity index (χ1n) is 4.80. The highest BCUT2D eigenvalue weighted by Crippen LogP contribution is 2.28. The number of H-pyrrole nitrogens is 1. The number of fused-ring (bicyclic) bond motifs is 1. The molecular formula is C11H13ClN2O. The van der Waals surface area contributed by atoms with E-state index in [0.29, 0.717) is 6.61 Å². The van der Waals surface area contributed by atoms with E-state index in [1.165, 1.54) is 0 Å². The molecule has 0 aliphatic carbocycles. The molecule has 3 nitrogen and oxygen atoms in total. The van der Waals surface area contributed by atoms with Crippen LogP contribution in [0.5, 0.6) is 0 Å². The van der Waals surface area contributed by atoms with Crippen LogP contribution in [0.3, 0.4) is 0 Å². The average molecular weight is 225 g/mol. The molecule has 0 atom stereocenters. The van der Waals surface area contributed by atoms with Crippen molar-refractivity contribution >= 4 is 22.5 Å². The summed E-state index contributed by atoms with van der Waals surface area (Å²) in [6.07, 6.45) is 0.732. The molecule has 80 valence electrons. The molecule has 0 saturated carbocycles. The highest BCUT2D eigenvalue weighted by atomic mass is 35.5. The fourth-order valence-corrected chi connectivity index (χ4v) is 2.03. The van der Waals surface area contributed by atoms with E-state index in [9.17, 15) is 0 Å². The minimum Gasteiger partial charge on any atom is -0.359 e. The van der Waals surface area contributed by atoms with Crippen LogP contribution in [0, 0.1) is 6.92 Å². The first-order valence-corrected chi connectivity index (χ1v) is 5.18. The normalized spacial score (nSPS) is 11.1. The predicted octanol–water partition coefficient (Wildman–Crippen LogP) is 2.56. The molecule has 0 aliphatic heterocycles. The van der Waals surface area contributed by atoms with Crippen molar-refractivity contribution in [2.75, 3.05) is 6.61 Å². The number of aromatic amines is 1. The van der Waals surface area contributed by atoms with E-state index < -0.39 is 0 Å². The van der Waals surface area contributed by atoms with E-state index in [-0.39, 0.29) is 0 Å². The third-order valence-electron chi connectivity index (χ3n) is 2.44. The molecule has 0 bridgehead atoms. The summed E-state index contributed by atoms with van der Waals surface area (Å²) in [6.45, 7) is 2.49. The average Bonchev–Trinajstić information content (AvgIpc) is 2.59. The van der Waals surface area contributed by atoms with Gasteiger partial charge in [-0.25, -0.2) is 5.90 Å². The second-order valence-corrected chi connectivity index (χ2v) is 3.95. The third kappa shape index (κ3) is 2.00. The van der Waals surface area contributed by atoms with Crippen LogP contribution in [0.2, 0.25) is 5.02 Å². The van der Waals surface area contributed by atoms with E-state index >= 15 is 0 Å². The first-order chi connectivity index (χ1) is 7.22. The van der Waals surface area contributed by atoms with E-state index in [1.807, 2.05) is 25.1 Å². The van der Waals surface area contributed by atoms with Crippen LogP contribution in [0.15, 0.2) is 18.2 Å². The topological polar surface area (TPSA) is 51.0 Å². The van der Waals surface area contributed by atoms with Crippen LogP contribution < -0.4 is 5.90 Å². The molecule has 2 aromatic rings. The van der Waals surface area contributed by atoms with Gasteiger partial charge in [-0.3, -0.25) is 0 Å². The molecule has 1 aromatic heterocycles. The Morgan fingerprint density at radius 1 is 1.47 bits per heavy atom. The van der Waals surface area contributed by atoms with Gasteiger partial charge in [-0.15, -0.1) is 0 Å². The SMILES string of the molecule is Cc1cc2c(Cl)c(CCON)ccc2[nH]1. The Bertz CT molecular complexity index is 479. The van der Waals surface area contributed by atoms with Crippen LogP contribution in [0.25, 0.3) is 10.9 Å². The van der Waals surface area contributed by atoms with Gasteiger partial charge in [-0.05, 0) is 31.0 Å². The zero-order valence-electron chi connectivity index (χ0n) is 8.51. The Morgan fingerprint density at radius 3 is 3.00 bits per heavy atom. The Hall–Kier alpha value is -1.03. The number of aromatic nitrogens is 1. The smallest absolute Gasteiger partial charge is 0.0720 e. The molecule has 0 amide bonds. The zero-order valence-corrected chi connectivity index (χ0v) is 9.27. The molecule has 0 unspecified atom stereocenters. The Labute approximate surface area is 93.1 Å². The van der Waals surface area contributed by atoms with E-state index in [1.54, 1.807) is 0 Å². The highest BCUT2D eigenvalue weighted by Gasteiger charge is 2.07. The number of nitrogens with one attached hydrogen (secondary N) is 1. The van der Waals surface area contributed by atoms with Gasteiger partial charge in [0.2, 0.25) is 0 Å². The maximum Gasteiger partial charge on any atom is 0.0720 e. The first kappa shape index (κ1) is 10.5. The van der Waals surface area contributed by atoms with Gasteiger partial charge in [0.15, 0.2) is 0 Å². The molecule has 1 aromatic carbocycles. The van der Waals surface area contributed by atoms with E-state index in [4.69, 9.17) is 17.5 Å². The molecular weight excluding hydrogens is 212 g/mol. The fourth-order valence-electron chi connectivity index (χ4n) is 1.72. The summed E-state index contributed by atoms with van der Waals surface area (Å²) >= 11 is 6.27. The van der Waals surface area contributed by atoms with Crippen molar-refractivity contribution in [2.24, 2.45) is 5.90 Å². The Balaban J connectivity index is 2.45. The number of aryl methyl sites for hydroxylation is 1. The zero-order chi connectivity index (χ0) is 10.8. The van der Waals surface area contributed by atoms with Gasteiger partial charge >= 0.3 is 0 Å². The maximum atomic E-state index is 6.27. The van der Waals surface area contributed by atoms with Gasteiger partial charge in [0.1, 0.15) is 0 Å². The second-order valence-electron chi connectivity index (χ2n) is 3.57. The van der Waals surface area contributed by atoms with Crippen LogP contribution in [-0.2, 0) is 11.3 Å². The van der Waals surface area contributed by atoms with Crippen LogP contribution in [-0.4, -0.2) is 11.6 Å². The lowest BCUT2D eigenvalue weighted by atomic mass is 10.1. The Kier molecular flexibility index (Phi) is 2.95. The second kappa shape index (κ2) is 4.23. The van der Waals surface area contributed by atoms with Gasteiger partial charge in [0.05, 0.1) is 11.6 Å². The molecule has 1 heterocycles. The van der Waals surface area contributed by atoms with Crippen molar-refractivity contribution < 1.29 is 4.84 Å². The Morgan fingerprint density at radius 2 is 2.27 bits per heavy atom. The summed E-state index contributed by atoms with van der Waals surface area (Å²) in [5.74, 6) is 4.99. The predicted molar refractivity (Wildman–Crippen MR) is 61.9 cm³/mol. The van der Waals surface area contributed by atoms with Crippen molar-refractivity contribution in [2.45, 2.75) is 13.3 Å². The number of benzene rings is 1. The van der Waals surface area contributed by atoms with Gasteiger partial charge < -0.3 is 9.82 Å². The quantitative estimate of drug-likeness (QED) is 0.788. The minimum absolute atomic E-state index is 0.481. The molecule has 0 fully saturated rings. The molecule has 0 aliphatic rings. The standard InChI is InChI=1S/C11H13ClN2O/c1-7-6-9-10(14-7)3-2-8(11(9)12)4-5-15-13/h2-3,6,14H,4-5,13H2,1H3. The molecule has 2 rings (SSSR count). The number of halogens is 1. The van der Waals surface area contributed by atoms with Crippen molar-refractivity contribution in [1.82, 2.24) is 4.98 Å². The number of hydrogen-bond donors (Lipinski definition) is 2. The molecule has 4 heteroatoms. The highest BCUT2D eigenvalue weighted by molar-refractivity contribution is 6.36. The molecule has 0 saturated heterocycles. The van der Waals surface area contributed by atoms with Gasteiger partial charge in [-0.2, -0.15) is 0 Å². The van der Waals surface area contributed by atoms with Crippen LogP contribution in [0.4, 0.5) is 0 Å². The lowest BCUT2D eigenvalue weighted by Gasteiger charge is -2.03. The molecule has 0 spiro atoms. The number of hydrogen-bond acceptors (Lipinski definition) is 2. The summed E-state index contributed by atoms with van der Waals surface area (Å²) in [5.41, 5.74) is 3.24. The molecule has 15 heavy (non-hydrogen) atoms. The molecule has 0 radical (unpaired) electrons. The minimum atomic E-state index is 0.481. The van der Waals surface area contributed by atoms with Crippen LogP contribution >= 0.6 is 11.6 Å². The lowest BCUT2D eigenvalue weighted by molar-refractivity contribution is 0.141. The summed E-state index contributed by atoms with van der Waals surface area (Å²) in [7, 11) is 0. The largest absolute Gasteiger partial charge is 0.359 e. The maximum absolute atomic E-state index is 6.27.